The van der Waals surface area contributed by atoms with E-state index < -0.39 is 5.89 Å². The summed E-state index contributed by atoms with van der Waals surface area (Å²) >= 11 is 0. The van der Waals surface area contributed by atoms with Gasteiger partial charge in [-0.05, 0) is 41.9 Å². The van der Waals surface area contributed by atoms with Gasteiger partial charge >= 0.3 is 0 Å². The molecule has 2 aromatic carbocycles. The molecule has 0 fully saturated rings. The summed E-state index contributed by atoms with van der Waals surface area (Å²) in [5.41, 5.74) is 3.35. The van der Waals surface area contributed by atoms with Crippen LogP contribution in [0.4, 0.5) is 0 Å². The fourth-order valence-electron chi connectivity index (χ4n) is 2.84. The predicted octanol–water partition coefficient (Wildman–Crippen LogP) is 5.18. The smallest absolute Gasteiger partial charge is 0.0431 e. The molecule has 0 aliphatic rings. The van der Waals surface area contributed by atoms with Crippen LogP contribution in [-0.2, 0) is 6.42 Å². The molecule has 118 valence electrons. The van der Waals surface area contributed by atoms with Gasteiger partial charge in [-0.15, -0.1) is 0 Å². The van der Waals surface area contributed by atoms with Crippen LogP contribution in [0.1, 0.15) is 57.1 Å². The first kappa shape index (κ1) is 15.3. The van der Waals surface area contributed by atoms with Crippen molar-refractivity contribution >= 4 is 0 Å². The summed E-state index contributed by atoms with van der Waals surface area (Å²) < 4.78 is 9.24. The number of rotatable bonds is 8. The van der Waals surface area contributed by atoms with Crippen molar-refractivity contribution in [1.82, 2.24) is 0 Å². The molecule has 0 heterocycles. The Labute approximate surface area is 136 Å². The molecule has 0 radical (unpaired) electrons. The predicted molar refractivity (Wildman–Crippen MR) is 94.2 cm³/mol. The van der Waals surface area contributed by atoms with Crippen LogP contribution in [0.5, 0.6) is 0 Å². The molecule has 0 amide bonds. The molecule has 0 bridgehead atoms. The van der Waals surface area contributed by atoms with E-state index in [0.29, 0.717) is 18.8 Å². The van der Waals surface area contributed by atoms with Crippen molar-refractivity contribution in [3.05, 3.63) is 71.3 Å². The lowest BCUT2D eigenvalue weighted by atomic mass is 9.82. The van der Waals surface area contributed by atoms with Crippen molar-refractivity contribution in [2.45, 2.75) is 45.4 Å². The lowest BCUT2D eigenvalue weighted by molar-refractivity contribution is 0.282. The number of benzene rings is 2. The first-order valence-corrected chi connectivity index (χ1v) is 8.36. The van der Waals surface area contributed by atoms with Crippen molar-refractivity contribution in [3.63, 3.8) is 0 Å². The third-order valence-corrected chi connectivity index (χ3v) is 4.31. The van der Waals surface area contributed by atoms with Gasteiger partial charge in [0, 0.05) is 13.9 Å². The Hall–Kier alpha value is -1.60. The molecule has 1 nitrogen and oxygen atoms in total. The minimum atomic E-state index is -0.798. The molecule has 1 N–H and O–H groups in total. The maximum atomic E-state index is 9.29. The van der Waals surface area contributed by atoms with Crippen LogP contribution in [-0.4, -0.2) is 11.7 Å². The van der Waals surface area contributed by atoms with E-state index in [1.54, 1.807) is 0 Å². The molecule has 1 heteroatoms. The summed E-state index contributed by atoms with van der Waals surface area (Å²) in [4.78, 5) is 0. The maximum Gasteiger partial charge on any atom is 0.0431 e. The lowest BCUT2D eigenvalue weighted by Gasteiger charge is -2.22. The van der Waals surface area contributed by atoms with Crippen molar-refractivity contribution in [1.29, 1.82) is 0 Å². The van der Waals surface area contributed by atoms with Gasteiger partial charge in [0.1, 0.15) is 0 Å². The largest absolute Gasteiger partial charge is 0.396 e. The molecule has 2 aromatic rings. The van der Waals surface area contributed by atoms with Gasteiger partial charge in [-0.25, -0.2) is 0 Å². The standard InChI is InChI=1S/C21H28O/c1-3-17(2)16-19-12-7-8-13-21(19)20(14-9-15-22)18-10-5-4-6-11-18/h4-8,10-13,17,20,22H,3,9,14-16H2,1-2H3/i20D. The van der Waals surface area contributed by atoms with Crippen molar-refractivity contribution in [2.75, 3.05) is 6.61 Å². The van der Waals surface area contributed by atoms with Gasteiger partial charge < -0.3 is 5.11 Å². The highest BCUT2D eigenvalue weighted by Crippen LogP contribution is 2.32. The maximum absolute atomic E-state index is 9.29. The normalized spacial score (nSPS) is 15.9. The van der Waals surface area contributed by atoms with Crippen LogP contribution in [0.3, 0.4) is 0 Å². The van der Waals surface area contributed by atoms with Gasteiger partial charge in [0.2, 0.25) is 0 Å². The van der Waals surface area contributed by atoms with Gasteiger partial charge in [-0.3, -0.25) is 0 Å². The highest BCUT2D eigenvalue weighted by atomic mass is 16.2. The molecule has 2 rings (SSSR count). The molecule has 2 unspecified atom stereocenters. The van der Waals surface area contributed by atoms with Gasteiger partial charge in [-0.2, -0.15) is 0 Å². The van der Waals surface area contributed by atoms with E-state index in [2.05, 4.69) is 32.0 Å². The Balaban J connectivity index is 2.48. The topological polar surface area (TPSA) is 20.2 Å². The summed E-state index contributed by atoms with van der Waals surface area (Å²) in [5.74, 6) is -0.192. The van der Waals surface area contributed by atoms with Crippen LogP contribution in [0, 0.1) is 5.92 Å². The highest BCUT2D eigenvalue weighted by molar-refractivity contribution is 5.38. The Bertz CT molecular complexity index is 596. The van der Waals surface area contributed by atoms with Gasteiger partial charge in [0.05, 0.1) is 0 Å². The number of aliphatic hydroxyl groups excluding tert-OH is 1. The molecule has 0 spiro atoms. The van der Waals surface area contributed by atoms with Crippen molar-refractivity contribution in [2.24, 2.45) is 5.92 Å². The Morgan fingerprint density at radius 1 is 1.05 bits per heavy atom. The molecule has 0 aromatic heterocycles. The average molecular weight is 297 g/mol. The second kappa shape index (κ2) is 8.75. The van der Waals surface area contributed by atoms with E-state index in [0.717, 1.165) is 24.0 Å². The molecule has 2 atom stereocenters. The molecule has 0 saturated heterocycles. The SMILES string of the molecule is [2H]C(CCCO)(c1ccccc1)c1ccccc1CC(C)CC. The summed E-state index contributed by atoms with van der Waals surface area (Å²) in [5, 5.41) is 9.29. The molecule has 0 aliphatic heterocycles. The number of hydrogen-bond donors (Lipinski definition) is 1. The fraction of sp³-hybridized carbons (Fsp3) is 0.429. The third kappa shape index (κ3) is 4.45. The summed E-state index contributed by atoms with van der Waals surface area (Å²) in [6.07, 6.45) is 3.40. The van der Waals surface area contributed by atoms with E-state index in [4.69, 9.17) is 0 Å². The van der Waals surface area contributed by atoms with E-state index in [1.165, 1.54) is 5.56 Å². The van der Waals surface area contributed by atoms with Crippen LogP contribution in [0.2, 0.25) is 0 Å². The fourth-order valence-corrected chi connectivity index (χ4v) is 2.84. The van der Waals surface area contributed by atoms with Gasteiger partial charge in [0.25, 0.3) is 0 Å². The summed E-state index contributed by atoms with van der Waals surface area (Å²) in [6, 6.07) is 18.4. The monoisotopic (exact) mass is 297 g/mol. The third-order valence-electron chi connectivity index (χ3n) is 4.31. The average Bonchev–Trinajstić information content (AvgIpc) is 2.60. The van der Waals surface area contributed by atoms with E-state index in [9.17, 15) is 6.48 Å². The number of aliphatic hydroxyl groups is 1. The second-order valence-electron chi connectivity index (χ2n) is 6.05. The van der Waals surface area contributed by atoms with Gasteiger partial charge in [-0.1, -0.05) is 74.9 Å². The minimum Gasteiger partial charge on any atom is -0.396 e. The van der Waals surface area contributed by atoms with E-state index in [1.807, 2.05) is 36.4 Å². The molecule has 0 aliphatic carbocycles. The van der Waals surface area contributed by atoms with Crippen molar-refractivity contribution < 1.29 is 6.48 Å². The molecular weight excluding hydrogens is 268 g/mol. The molecular formula is C21H28O. The lowest BCUT2D eigenvalue weighted by Crippen LogP contribution is -2.08. The number of hydrogen-bond acceptors (Lipinski definition) is 1. The summed E-state index contributed by atoms with van der Waals surface area (Å²) in [7, 11) is 0. The van der Waals surface area contributed by atoms with E-state index in [-0.39, 0.29) is 6.61 Å². The van der Waals surface area contributed by atoms with E-state index >= 15 is 0 Å². The second-order valence-corrected chi connectivity index (χ2v) is 6.05. The van der Waals surface area contributed by atoms with Crippen LogP contribution < -0.4 is 0 Å². The first-order valence-electron chi connectivity index (χ1n) is 8.86. The zero-order chi connectivity index (χ0) is 16.7. The van der Waals surface area contributed by atoms with Gasteiger partial charge in [0.15, 0.2) is 0 Å². The molecule has 22 heavy (non-hydrogen) atoms. The zero-order valence-electron chi connectivity index (χ0n) is 14.8. The highest BCUT2D eigenvalue weighted by Gasteiger charge is 2.17. The quantitative estimate of drug-likeness (QED) is 0.712. The Morgan fingerprint density at radius 3 is 2.41 bits per heavy atom. The Kier molecular flexibility index (Phi) is 6.08. The Morgan fingerprint density at radius 2 is 1.73 bits per heavy atom. The summed E-state index contributed by atoms with van der Waals surface area (Å²) in [6.45, 7) is 4.60. The first-order chi connectivity index (χ1) is 11.1. The zero-order valence-corrected chi connectivity index (χ0v) is 13.8. The molecule has 0 saturated carbocycles. The van der Waals surface area contributed by atoms with Crippen molar-refractivity contribution in [3.8, 4) is 0 Å². The minimum absolute atomic E-state index is 0.126. The van der Waals surface area contributed by atoms with Crippen LogP contribution in [0.15, 0.2) is 54.6 Å². The van der Waals surface area contributed by atoms with Crippen LogP contribution >= 0.6 is 0 Å². The van der Waals surface area contributed by atoms with Crippen LogP contribution in [0.25, 0.3) is 0 Å².